The predicted molar refractivity (Wildman–Crippen MR) is 105 cm³/mol. The van der Waals surface area contributed by atoms with Crippen molar-refractivity contribution >= 4 is 22.8 Å². The van der Waals surface area contributed by atoms with Crippen molar-refractivity contribution in [3.05, 3.63) is 36.5 Å². The summed E-state index contributed by atoms with van der Waals surface area (Å²) in [6, 6.07) is 3.53. The fourth-order valence-corrected chi connectivity index (χ4v) is 3.56. The van der Waals surface area contributed by atoms with Gasteiger partial charge in [-0.25, -0.2) is 19.3 Å². The summed E-state index contributed by atoms with van der Waals surface area (Å²) >= 11 is 0. The van der Waals surface area contributed by atoms with E-state index in [0.29, 0.717) is 24.3 Å². The van der Waals surface area contributed by atoms with Gasteiger partial charge in [0.2, 0.25) is 5.91 Å². The van der Waals surface area contributed by atoms with Crippen LogP contribution < -0.4 is 16.0 Å². The monoisotopic (exact) mass is 437 g/mol. The van der Waals surface area contributed by atoms with Gasteiger partial charge in [-0.2, -0.15) is 13.2 Å². The first kappa shape index (κ1) is 21.0. The van der Waals surface area contributed by atoms with Crippen LogP contribution in [0.4, 0.5) is 23.4 Å². The first-order valence-corrected chi connectivity index (χ1v) is 9.56. The molecule has 0 aliphatic carbocycles. The first-order valence-electron chi connectivity index (χ1n) is 9.56. The summed E-state index contributed by atoms with van der Waals surface area (Å²) in [5, 5.41) is 8.45. The molecule has 0 aromatic carbocycles. The van der Waals surface area contributed by atoms with Gasteiger partial charge in [-0.3, -0.25) is 4.79 Å². The number of nitrogens with zero attached hydrogens (tertiary/aromatic N) is 3. The van der Waals surface area contributed by atoms with E-state index in [1.807, 2.05) is 5.32 Å². The molecule has 1 amide bonds. The second-order valence-electron chi connectivity index (χ2n) is 7.25. The molecule has 1 fully saturated rings. The number of anilines is 1. The summed E-state index contributed by atoms with van der Waals surface area (Å²) in [4.78, 5) is 28.1. The number of carbonyl (C=O) groups excluding carboxylic acids is 1. The van der Waals surface area contributed by atoms with Crippen LogP contribution in [-0.2, 0) is 4.79 Å². The molecule has 3 aromatic rings. The molecule has 1 aliphatic rings. The number of hydrogen-bond donors (Lipinski definition) is 4. The normalized spacial score (nSPS) is 16.3. The Morgan fingerprint density at radius 2 is 2.00 bits per heavy atom. The van der Waals surface area contributed by atoms with Crippen LogP contribution in [0.3, 0.4) is 0 Å². The number of halogens is 4. The number of carbonyl (C=O) groups is 1. The molecule has 8 nitrogen and oxygen atoms in total. The van der Waals surface area contributed by atoms with Crippen LogP contribution >= 0.6 is 0 Å². The Hall–Kier alpha value is -3.28. The van der Waals surface area contributed by atoms with Gasteiger partial charge in [0.25, 0.3) is 0 Å². The highest BCUT2D eigenvalue weighted by Gasteiger charge is 2.42. The summed E-state index contributed by atoms with van der Waals surface area (Å²) in [6.07, 6.45) is -0.0335. The maximum atomic E-state index is 14.6. The molecule has 0 radical (unpaired) electrons. The van der Waals surface area contributed by atoms with E-state index in [1.54, 1.807) is 24.5 Å². The number of aromatic nitrogens is 4. The van der Waals surface area contributed by atoms with Crippen LogP contribution in [0.1, 0.15) is 12.8 Å². The van der Waals surface area contributed by atoms with Crippen molar-refractivity contribution in [2.45, 2.75) is 24.6 Å². The minimum Gasteiger partial charge on any atom is -0.353 e. The van der Waals surface area contributed by atoms with Crippen molar-refractivity contribution in [2.75, 3.05) is 25.0 Å². The Bertz CT molecular complexity index is 1090. The van der Waals surface area contributed by atoms with Gasteiger partial charge in [0, 0.05) is 23.3 Å². The molecule has 1 aliphatic heterocycles. The largest absolute Gasteiger partial charge is 0.405 e. The Labute approximate surface area is 173 Å². The average Bonchev–Trinajstić information content (AvgIpc) is 3.18. The summed E-state index contributed by atoms with van der Waals surface area (Å²) in [5.74, 6) is -1.75. The van der Waals surface area contributed by atoms with E-state index in [0.717, 1.165) is 11.6 Å². The van der Waals surface area contributed by atoms with E-state index >= 15 is 0 Å². The molecular weight excluding hydrogens is 418 g/mol. The lowest BCUT2D eigenvalue weighted by molar-refractivity contribution is -0.141. The van der Waals surface area contributed by atoms with Gasteiger partial charge in [-0.05, 0) is 38.1 Å². The van der Waals surface area contributed by atoms with Crippen LogP contribution in [0, 0.1) is 5.82 Å². The van der Waals surface area contributed by atoms with Crippen molar-refractivity contribution in [1.29, 1.82) is 0 Å². The zero-order chi connectivity index (χ0) is 22.1. The molecule has 0 atom stereocenters. The first-order chi connectivity index (χ1) is 14.8. The lowest BCUT2D eigenvalue weighted by Crippen LogP contribution is -2.59. The van der Waals surface area contributed by atoms with Gasteiger partial charge >= 0.3 is 6.18 Å². The molecule has 4 heterocycles. The zero-order valence-electron chi connectivity index (χ0n) is 16.2. The SMILES string of the molecule is O=C(NCC(F)(F)F)C1(Nc2nc(-c3c[nH]c4ncccc34)ncc2F)CCNCC1. The number of aromatic amines is 1. The van der Waals surface area contributed by atoms with Crippen LogP contribution in [0.5, 0.6) is 0 Å². The lowest BCUT2D eigenvalue weighted by atomic mass is 9.87. The molecule has 164 valence electrons. The van der Waals surface area contributed by atoms with Gasteiger partial charge in [0.1, 0.15) is 17.7 Å². The summed E-state index contributed by atoms with van der Waals surface area (Å²) in [7, 11) is 0. The fraction of sp³-hybridized carbons (Fsp3) is 0.368. The van der Waals surface area contributed by atoms with E-state index < -0.39 is 30.0 Å². The summed E-state index contributed by atoms with van der Waals surface area (Å²) in [6.45, 7) is -0.719. The quantitative estimate of drug-likeness (QED) is 0.457. The van der Waals surface area contributed by atoms with Gasteiger partial charge in [-0.1, -0.05) is 0 Å². The summed E-state index contributed by atoms with van der Waals surface area (Å²) in [5.41, 5.74) is -0.265. The Balaban J connectivity index is 1.66. The average molecular weight is 437 g/mol. The van der Waals surface area contributed by atoms with E-state index in [2.05, 4.69) is 30.6 Å². The van der Waals surface area contributed by atoms with Crippen LogP contribution in [0.15, 0.2) is 30.7 Å². The second-order valence-corrected chi connectivity index (χ2v) is 7.25. The Morgan fingerprint density at radius 1 is 1.23 bits per heavy atom. The van der Waals surface area contributed by atoms with E-state index in [-0.39, 0.29) is 24.5 Å². The molecule has 0 bridgehead atoms. The highest BCUT2D eigenvalue weighted by molar-refractivity contribution is 5.92. The number of piperidine rings is 1. The number of rotatable bonds is 5. The molecule has 31 heavy (non-hydrogen) atoms. The van der Waals surface area contributed by atoms with Gasteiger partial charge in [-0.15, -0.1) is 0 Å². The number of hydrogen-bond acceptors (Lipinski definition) is 6. The van der Waals surface area contributed by atoms with Gasteiger partial charge < -0.3 is 20.9 Å². The van der Waals surface area contributed by atoms with Crippen LogP contribution in [0.25, 0.3) is 22.4 Å². The number of nitrogens with one attached hydrogen (secondary N) is 4. The number of fused-ring (bicyclic) bond motifs is 1. The van der Waals surface area contributed by atoms with E-state index in [4.69, 9.17) is 0 Å². The predicted octanol–water partition coefficient (Wildman–Crippen LogP) is 2.37. The van der Waals surface area contributed by atoms with Crippen LogP contribution in [0.2, 0.25) is 0 Å². The molecule has 0 unspecified atom stereocenters. The standard InChI is InChI=1S/C19H19F4N7O/c20-13-9-27-15(12-8-26-14-11(12)2-1-5-25-14)29-16(13)30-18(3-6-24-7-4-18)17(31)28-10-19(21,22)23/h1-2,5,8-9,24H,3-4,6-7,10H2,(H,25,26)(H,28,31)(H,27,29,30). The van der Waals surface area contributed by atoms with Crippen molar-refractivity contribution in [3.8, 4) is 11.4 Å². The minimum atomic E-state index is -4.56. The van der Waals surface area contributed by atoms with Crippen molar-refractivity contribution in [3.63, 3.8) is 0 Å². The molecule has 3 aromatic heterocycles. The highest BCUT2D eigenvalue weighted by atomic mass is 19.4. The van der Waals surface area contributed by atoms with Gasteiger partial charge in [0.15, 0.2) is 17.5 Å². The van der Waals surface area contributed by atoms with Crippen molar-refractivity contribution in [1.82, 2.24) is 30.6 Å². The zero-order valence-corrected chi connectivity index (χ0v) is 16.2. The van der Waals surface area contributed by atoms with E-state index in [1.165, 1.54) is 0 Å². The topological polar surface area (TPSA) is 108 Å². The number of alkyl halides is 3. The molecule has 0 spiro atoms. The Morgan fingerprint density at radius 3 is 2.74 bits per heavy atom. The molecule has 1 saturated heterocycles. The maximum absolute atomic E-state index is 14.6. The van der Waals surface area contributed by atoms with E-state index in [9.17, 15) is 22.4 Å². The Kier molecular flexibility index (Phi) is 5.48. The second kappa shape index (κ2) is 8.10. The maximum Gasteiger partial charge on any atom is 0.405 e. The minimum absolute atomic E-state index is 0.159. The highest BCUT2D eigenvalue weighted by Crippen LogP contribution is 2.29. The van der Waals surface area contributed by atoms with Crippen molar-refractivity contribution < 1.29 is 22.4 Å². The molecule has 0 saturated carbocycles. The van der Waals surface area contributed by atoms with Crippen molar-refractivity contribution in [2.24, 2.45) is 0 Å². The third-order valence-corrected chi connectivity index (χ3v) is 5.13. The number of H-pyrrole nitrogens is 1. The number of amides is 1. The smallest absolute Gasteiger partial charge is 0.353 e. The van der Waals surface area contributed by atoms with Crippen LogP contribution in [-0.4, -0.2) is 57.2 Å². The fourth-order valence-electron chi connectivity index (χ4n) is 3.56. The molecule has 4 rings (SSSR count). The number of pyridine rings is 1. The summed E-state index contributed by atoms with van der Waals surface area (Å²) < 4.78 is 52.4. The van der Waals surface area contributed by atoms with Gasteiger partial charge in [0.05, 0.1) is 6.20 Å². The molecule has 12 heteroatoms. The molecular formula is C19H19F4N7O. The lowest BCUT2D eigenvalue weighted by Gasteiger charge is -2.37. The third kappa shape index (κ3) is 4.43. The third-order valence-electron chi connectivity index (χ3n) is 5.13. The molecule has 4 N–H and O–H groups in total.